The maximum Gasteiger partial charge on any atom is 0.240 e. The zero-order chi connectivity index (χ0) is 16.9. The van der Waals surface area contributed by atoms with Crippen molar-refractivity contribution in [2.75, 3.05) is 5.32 Å². The highest BCUT2D eigenvalue weighted by Gasteiger charge is 2.23. The lowest BCUT2D eigenvalue weighted by molar-refractivity contribution is -0.120. The summed E-state index contributed by atoms with van der Waals surface area (Å²) in [5.41, 5.74) is 0.627. The summed E-state index contributed by atoms with van der Waals surface area (Å²) in [5, 5.41) is 2.84. The molecular formula is C17H26N2O3S. The van der Waals surface area contributed by atoms with Crippen LogP contribution in [0.1, 0.15) is 52.4 Å². The minimum atomic E-state index is -3.48. The fourth-order valence-electron chi connectivity index (χ4n) is 2.95. The van der Waals surface area contributed by atoms with E-state index in [1.807, 2.05) is 13.8 Å². The Hall–Kier alpha value is -1.40. The first-order valence-corrected chi connectivity index (χ1v) is 9.87. The summed E-state index contributed by atoms with van der Waals surface area (Å²) < 4.78 is 27.4. The molecule has 6 heteroatoms. The lowest BCUT2D eigenvalue weighted by atomic mass is 10.0. The Bertz CT molecular complexity index is 616. The summed E-state index contributed by atoms with van der Waals surface area (Å²) in [7, 11) is -3.48. The van der Waals surface area contributed by atoms with Crippen LogP contribution in [0.4, 0.5) is 5.69 Å². The van der Waals surface area contributed by atoms with E-state index in [0.717, 1.165) is 38.5 Å². The highest BCUT2D eigenvalue weighted by Crippen LogP contribution is 2.21. The molecule has 0 heterocycles. The Morgan fingerprint density at radius 1 is 1.13 bits per heavy atom. The van der Waals surface area contributed by atoms with Gasteiger partial charge in [-0.1, -0.05) is 26.7 Å². The molecule has 23 heavy (non-hydrogen) atoms. The van der Waals surface area contributed by atoms with Gasteiger partial charge < -0.3 is 5.32 Å². The number of amides is 1. The maximum atomic E-state index is 12.3. The van der Waals surface area contributed by atoms with Gasteiger partial charge in [0.25, 0.3) is 0 Å². The molecule has 0 radical (unpaired) electrons. The standard InChI is InChI=1S/C17H26N2O3S/c1-3-13(4-2)17(20)18-14-9-11-16(12-10-14)23(21,22)19-15-7-5-6-8-15/h9-13,15,19H,3-8H2,1-2H3,(H,18,20). The van der Waals surface area contributed by atoms with Crippen molar-refractivity contribution in [3.63, 3.8) is 0 Å². The summed E-state index contributed by atoms with van der Waals surface area (Å²) in [6.07, 6.45) is 5.55. The second-order valence-electron chi connectivity index (χ2n) is 6.13. The quantitative estimate of drug-likeness (QED) is 0.801. The van der Waals surface area contributed by atoms with Gasteiger partial charge in [0.05, 0.1) is 4.90 Å². The fraction of sp³-hybridized carbons (Fsp3) is 0.588. The fourth-order valence-corrected chi connectivity index (χ4v) is 4.26. The van der Waals surface area contributed by atoms with Crippen molar-refractivity contribution >= 4 is 21.6 Å². The lowest BCUT2D eigenvalue weighted by Crippen LogP contribution is -2.32. The Labute approximate surface area is 138 Å². The molecule has 1 aliphatic carbocycles. The normalized spacial score (nSPS) is 16.0. The third-order valence-electron chi connectivity index (χ3n) is 4.47. The van der Waals surface area contributed by atoms with Gasteiger partial charge in [-0.3, -0.25) is 4.79 Å². The zero-order valence-corrected chi connectivity index (χ0v) is 14.7. The van der Waals surface area contributed by atoms with Crippen LogP contribution in [0.3, 0.4) is 0 Å². The minimum absolute atomic E-state index is 0.0116. The van der Waals surface area contributed by atoms with Crippen LogP contribution >= 0.6 is 0 Å². The van der Waals surface area contributed by atoms with Crippen molar-refractivity contribution in [1.29, 1.82) is 0 Å². The predicted molar refractivity (Wildman–Crippen MR) is 91.7 cm³/mol. The molecule has 0 spiro atoms. The first-order valence-electron chi connectivity index (χ1n) is 8.39. The highest BCUT2D eigenvalue weighted by atomic mass is 32.2. The molecule has 0 atom stereocenters. The number of hydrogen-bond acceptors (Lipinski definition) is 3. The molecule has 0 aromatic heterocycles. The molecule has 1 amide bonds. The van der Waals surface area contributed by atoms with Crippen LogP contribution in [0.2, 0.25) is 0 Å². The van der Waals surface area contributed by atoms with Gasteiger partial charge in [-0.25, -0.2) is 13.1 Å². The van der Waals surface area contributed by atoms with Crippen molar-refractivity contribution in [2.45, 2.75) is 63.3 Å². The van der Waals surface area contributed by atoms with Gasteiger partial charge in [0, 0.05) is 17.6 Å². The zero-order valence-electron chi connectivity index (χ0n) is 13.8. The molecule has 0 aliphatic heterocycles. The molecule has 1 aliphatic rings. The van der Waals surface area contributed by atoms with Crippen molar-refractivity contribution in [1.82, 2.24) is 4.72 Å². The van der Waals surface area contributed by atoms with Crippen LogP contribution in [0.15, 0.2) is 29.2 Å². The summed E-state index contributed by atoms with van der Waals surface area (Å²) in [6, 6.07) is 6.42. The molecule has 0 bridgehead atoms. The predicted octanol–water partition coefficient (Wildman–Crippen LogP) is 3.28. The number of hydrogen-bond donors (Lipinski definition) is 2. The second-order valence-corrected chi connectivity index (χ2v) is 7.84. The van der Waals surface area contributed by atoms with Crippen molar-refractivity contribution in [3.05, 3.63) is 24.3 Å². The molecule has 0 unspecified atom stereocenters. The van der Waals surface area contributed by atoms with Crippen LogP contribution in [0, 0.1) is 5.92 Å². The van der Waals surface area contributed by atoms with Crippen molar-refractivity contribution < 1.29 is 13.2 Å². The Balaban J connectivity index is 2.02. The largest absolute Gasteiger partial charge is 0.326 e. The van der Waals surface area contributed by atoms with Crippen molar-refractivity contribution in [3.8, 4) is 0 Å². The van der Waals surface area contributed by atoms with E-state index in [0.29, 0.717) is 5.69 Å². The molecule has 1 aromatic carbocycles. The molecule has 2 N–H and O–H groups in total. The molecular weight excluding hydrogens is 312 g/mol. The third kappa shape index (κ3) is 4.78. The summed E-state index contributed by atoms with van der Waals surface area (Å²) >= 11 is 0. The van der Waals surface area contributed by atoms with E-state index in [1.54, 1.807) is 24.3 Å². The van der Waals surface area contributed by atoms with Crippen LogP contribution in [0.25, 0.3) is 0 Å². The number of carbonyl (C=O) groups excluding carboxylic acids is 1. The first-order chi connectivity index (χ1) is 11.0. The number of sulfonamides is 1. The van der Waals surface area contributed by atoms with Gasteiger partial charge in [0.1, 0.15) is 0 Å². The van der Waals surface area contributed by atoms with Gasteiger partial charge >= 0.3 is 0 Å². The molecule has 2 rings (SSSR count). The number of rotatable bonds is 7. The number of nitrogens with one attached hydrogen (secondary N) is 2. The smallest absolute Gasteiger partial charge is 0.240 e. The van der Waals surface area contributed by atoms with Crippen LogP contribution < -0.4 is 10.0 Å². The molecule has 0 saturated heterocycles. The number of benzene rings is 1. The van der Waals surface area contributed by atoms with Gasteiger partial charge in [-0.2, -0.15) is 0 Å². The summed E-state index contributed by atoms with van der Waals surface area (Å²) in [6.45, 7) is 3.97. The van der Waals surface area contributed by atoms with Gasteiger partial charge in [-0.05, 0) is 49.9 Å². The lowest BCUT2D eigenvalue weighted by Gasteiger charge is -2.14. The Morgan fingerprint density at radius 3 is 2.22 bits per heavy atom. The van der Waals surface area contributed by atoms with E-state index in [2.05, 4.69) is 10.0 Å². The second kappa shape index (κ2) is 7.93. The average Bonchev–Trinajstić information content (AvgIpc) is 3.01. The molecule has 1 aromatic rings. The molecule has 128 valence electrons. The molecule has 1 saturated carbocycles. The minimum Gasteiger partial charge on any atom is -0.326 e. The van der Waals surface area contributed by atoms with Crippen molar-refractivity contribution in [2.24, 2.45) is 5.92 Å². The topological polar surface area (TPSA) is 75.3 Å². The maximum absolute atomic E-state index is 12.3. The molecule has 1 fully saturated rings. The first kappa shape index (κ1) is 17.9. The van der Waals surface area contributed by atoms with E-state index in [9.17, 15) is 13.2 Å². The number of carbonyl (C=O) groups is 1. The van der Waals surface area contributed by atoms with E-state index in [4.69, 9.17) is 0 Å². The summed E-state index contributed by atoms with van der Waals surface area (Å²) in [5.74, 6) is -0.0304. The third-order valence-corrected chi connectivity index (χ3v) is 6.00. The summed E-state index contributed by atoms with van der Waals surface area (Å²) in [4.78, 5) is 12.3. The SMILES string of the molecule is CCC(CC)C(=O)Nc1ccc(S(=O)(=O)NC2CCCC2)cc1. The molecule has 5 nitrogen and oxygen atoms in total. The average molecular weight is 338 g/mol. The Morgan fingerprint density at radius 2 is 1.70 bits per heavy atom. The van der Waals surface area contributed by atoms with Gasteiger partial charge in [0.15, 0.2) is 0 Å². The Kier molecular flexibility index (Phi) is 6.18. The van der Waals surface area contributed by atoms with Crippen LogP contribution in [0.5, 0.6) is 0 Å². The van der Waals surface area contributed by atoms with E-state index in [-0.39, 0.29) is 22.8 Å². The van der Waals surface area contributed by atoms with E-state index in [1.165, 1.54) is 0 Å². The monoisotopic (exact) mass is 338 g/mol. The highest BCUT2D eigenvalue weighted by molar-refractivity contribution is 7.89. The van der Waals surface area contributed by atoms with E-state index < -0.39 is 10.0 Å². The van der Waals surface area contributed by atoms with Crippen LogP contribution in [-0.2, 0) is 14.8 Å². The van der Waals surface area contributed by atoms with Gasteiger partial charge in [-0.15, -0.1) is 0 Å². The van der Waals surface area contributed by atoms with Crippen LogP contribution in [-0.4, -0.2) is 20.4 Å². The van der Waals surface area contributed by atoms with Gasteiger partial charge in [0.2, 0.25) is 15.9 Å². The van der Waals surface area contributed by atoms with E-state index >= 15 is 0 Å². The number of anilines is 1.